The molecule has 1 aromatic heterocycles. The zero-order chi connectivity index (χ0) is 15.1. The Morgan fingerprint density at radius 3 is 2.57 bits per heavy atom. The summed E-state index contributed by atoms with van der Waals surface area (Å²) in [7, 11) is 0. The molecule has 2 rings (SSSR count). The van der Waals surface area contributed by atoms with Crippen LogP contribution in [0.2, 0.25) is 0 Å². The van der Waals surface area contributed by atoms with Crippen LogP contribution in [0.25, 0.3) is 0 Å². The van der Waals surface area contributed by atoms with Crippen LogP contribution in [0.1, 0.15) is 86.6 Å². The van der Waals surface area contributed by atoms with Crippen molar-refractivity contribution in [2.45, 2.75) is 71.1 Å². The molecule has 1 fully saturated rings. The lowest BCUT2D eigenvalue weighted by Crippen LogP contribution is -2.14. The van der Waals surface area contributed by atoms with Crippen molar-refractivity contribution in [3.8, 4) is 0 Å². The second-order valence-electron chi connectivity index (χ2n) is 5.75. The van der Waals surface area contributed by atoms with Crippen molar-refractivity contribution in [3.05, 3.63) is 23.3 Å². The zero-order valence-electron chi connectivity index (χ0n) is 13.2. The van der Waals surface area contributed by atoms with Crippen molar-refractivity contribution in [1.29, 1.82) is 0 Å². The molecule has 0 unspecified atom stereocenters. The first kappa shape index (κ1) is 15.9. The Kier molecular flexibility index (Phi) is 6.15. The van der Waals surface area contributed by atoms with E-state index in [1.165, 1.54) is 38.5 Å². The number of hydrogen-bond acceptors (Lipinski definition) is 4. The average molecular weight is 290 g/mol. The van der Waals surface area contributed by atoms with Crippen LogP contribution in [0.3, 0.4) is 0 Å². The van der Waals surface area contributed by atoms with Crippen molar-refractivity contribution in [1.82, 2.24) is 9.97 Å². The molecule has 116 valence electrons. The van der Waals surface area contributed by atoms with E-state index < -0.39 is 0 Å². The summed E-state index contributed by atoms with van der Waals surface area (Å²) in [6, 6.07) is 0. The molecule has 1 saturated carbocycles. The second kappa shape index (κ2) is 8.11. The molecular weight excluding hydrogens is 264 g/mol. The first-order valence-electron chi connectivity index (χ1n) is 8.29. The number of aromatic nitrogens is 2. The van der Waals surface area contributed by atoms with Gasteiger partial charge in [0, 0.05) is 12.1 Å². The molecule has 0 amide bonds. The molecule has 1 aliphatic rings. The fourth-order valence-electron chi connectivity index (χ4n) is 2.97. The third-order valence-corrected chi connectivity index (χ3v) is 4.09. The maximum Gasteiger partial charge on any atom is 0.341 e. The zero-order valence-corrected chi connectivity index (χ0v) is 13.2. The van der Waals surface area contributed by atoms with Crippen LogP contribution < -0.4 is 0 Å². The van der Waals surface area contributed by atoms with Gasteiger partial charge in [0.15, 0.2) is 0 Å². The minimum absolute atomic E-state index is 0.298. The average Bonchev–Trinajstić information content (AvgIpc) is 2.77. The molecule has 0 spiro atoms. The van der Waals surface area contributed by atoms with E-state index in [0.29, 0.717) is 18.1 Å². The van der Waals surface area contributed by atoms with Crippen molar-refractivity contribution in [3.63, 3.8) is 0 Å². The summed E-state index contributed by atoms with van der Waals surface area (Å²) >= 11 is 0. The monoisotopic (exact) mass is 290 g/mol. The van der Waals surface area contributed by atoms with E-state index in [-0.39, 0.29) is 5.97 Å². The Bertz CT molecular complexity index is 466. The SMILES string of the molecule is CCCc1nc(C2CCCCCC2)ncc1C(=O)OCC. The van der Waals surface area contributed by atoms with Gasteiger partial charge in [0.05, 0.1) is 17.9 Å². The Morgan fingerprint density at radius 2 is 1.95 bits per heavy atom. The van der Waals surface area contributed by atoms with Crippen molar-refractivity contribution in [2.75, 3.05) is 6.61 Å². The molecule has 0 radical (unpaired) electrons. The normalized spacial score (nSPS) is 16.5. The van der Waals surface area contributed by atoms with E-state index in [2.05, 4.69) is 11.9 Å². The molecule has 0 saturated heterocycles. The lowest BCUT2D eigenvalue weighted by Gasteiger charge is -2.15. The molecule has 0 bridgehead atoms. The van der Waals surface area contributed by atoms with Gasteiger partial charge < -0.3 is 4.74 Å². The van der Waals surface area contributed by atoms with Gasteiger partial charge in [-0.05, 0) is 26.2 Å². The fraction of sp³-hybridized carbons (Fsp3) is 0.706. The largest absolute Gasteiger partial charge is 0.462 e. The van der Waals surface area contributed by atoms with Crippen LogP contribution in [-0.4, -0.2) is 22.5 Å². The van der Waals surface area contributed by atoms with Crippen LogP contribution in [0.15, 0.2) is 6.20 Å². The lowest BCUT2D eigenvalue weighted by molar-refractivity contribution is 0.0523. The highest BCUT2D eigenvalue weighted by Crippen LogP contribution is 2.30. The van der Waals surface area contributed by atoms with Gasteiger partial charge >= 0.3 is 5.97 Å². The van der Waals surface area contributed by atoms with E-state index in [0.717, 1.165) is 24.4 Å². The molecule has 0 aliphatic heterocycles. The van der Waals surface area contributed by atoms with Crippen LogP contribution in [-0.2, 0) is 11.2 Å². The van der Waals surface area contributed by atoms with E-state index in [9.17, 15) is 4.79 Å². The first-order chi connectivity index (χ1) is 10.3. The maximum absolute atomic E-state index is 12.0. The topological polar surface area (TPSA) is 52.1 Å². The highest BCUT2D eigenvalue weighted by Gasteiger charge is 2.20. The van der Waals surface area contributed by atoms with Gasteiger partial charge in [-0.15, -0.1) is 0 Å². The Balaban J connectivity index is 2.23. The number of ether oxygens (including phenoxy) is 1. The Hall–Kier alpha value is -1.45. The van der Waals surface area contributed by atoms with Gasteiger partial charge in [0.25, 0.3) is 0 Å². The summed E-state index contributed by atoms with van der Waals surface area (Å²) in [4.78, 5) is 21.2. The summed E-state index contributed by atoms with van der Waals surface area (Å²) in [5.41, 5.74) is 1.39. The minimum Gasteiger partial charge on any atom is -0.462 e. The highest BCUT2D eigenvalue weighted by atomic mass is 16.5. The smallest absolute Gasteiger partial charge is 0.341 e. The maximum atomic E-state index is 12.0. The number of aryl methyl sites for hydroxylation is 1. The molecular formula is C17H26N2O2. The van der Waals surface area contributed by atoms with Gasteiger partial charge in [-0.1, -0.05) is 39.0 Å². The first-order valence-corrected chi connectivity index (χ1v) is 8.29. The van der Waals surface area contributed by atoms with E-state index >= 15 is 0 Å². The molecule has 0 N–H and O–H groups in total. The summed E-state index contributed by atoms with van der Waals surface area (Å²) in [5.74, 6) is 1.08. The number of esters is 1. The summed E-state index contributed by atoms with van der Waals surface area (Å²) in [6.07, 6.45) is 10.9. The third kappa shape index (κ3) is 4.26. The molecule has 1 aliphatic carbocycles. The lowest BCUT2D eigenvalue weighted by atomic mass is 9.99. The number of hydrogen-bond donors (Lipinski definition) is 0. The van der Waals surface area contributed by atoms with Crippen molar-refractivity contribution < 1.29 is 9.53 Å². The van der Waals surface area contributed by atoms with E-state index in [1.807, 2.05) is 6.92 Å². The molecule has 4 nitrogen and oxygen atoms in total. The molecule has 21 heavy (non-hydrogen) atoms. The van der Waals surface area contributed by atoms with Gasteiger partial charge in [0.2, 0.25) is 0 Å². The summed E-state index contributed by atoms with van der Waals surface area (Å²) < 4.78 is 5.10. The van der Waals surface area contributed by atoms with Crippen LogP contribution >= 0.6 is 0 Å². The fourth-order valence-corrected chi connectivity index (χ4v) is 2.97. The van der Waals surface area contributed by atoms with Gasteiger partial charge in [0.1, 0.15) is 5.82 Å². The van der Waals surface area contributed by atoms with Crippen LogP contribution in [0, 0.1) is 0 Å². The molecule has 0 atom stereocenters. The van der Waals surface area contributed by atoms with E-state index in [1.54, 1.807) is 6.20 Å². The second-order valence-corrected chi connectivity index (χ2v) is 5.75. The molecule has 1 aromatic rings. The molecule has 4 heteroatoms. The predicted molar refractivity (Wildman–Crippen MR) is 82.4 cm³/mol. The van der Waals surface area contributed by atoms with Crippen LogP contribution in [0.5, 0.6) is 0 Å². The third-order valence-electron chi connectivity index (χ3n) is 4.09. The highest BCUT2D eigenvalue weighted by molar-refractivity contribution is 5.90. The number of carbonyl (C=O) groups is 1. The van der Waals surface area contributed by atoms with Crippen LogP contribution in [0.4, 0.5) is 0 Å². The van der Waals surface area contributed by atoms with Gasteiger partial charge in [-0.25, -0.2) is 14.8 Å². The Morgan fingerprint density at radius 1 is 1.24 bits per heavy atom. The quantitative estimate of drug-likeness (QED) is 0.606. The van der Waals surface area contributed by atoms with Crippen molar-refractivity contribution in [2.24, 2.45) is 0 Å². The standard InChI is InChI=1S/C17H26N2O2/c1-3-9-15-14(17(20)21-4-2)12-18-16(19-15)13-10-7-5-6-8-11-13/h12-13H,3-11H2,1-2H3. The number of nitrogens with zero attached hydrogens (tertiary/aromatic N) is 2. The number of rotatable bonds is 5. The minimum atomic E-state index is -0.298. The molecule has 0 aromatic carbocycles. The summed E-state index contributed by atoms with van der Waals surface area (Å²) in [6.45, 7) is 4.30. The van der Waals surface area contributed by atoms with Gasteiger partial charge in [-0.3, -0.25) is 0 Å². The predicted octanol–water partition coefficient (Wildman–Crippen LogP) is 4.04. The summed E-state index contributed by atoms with van der Waals surface area (Å²) in [5, 5.41) is 0. The van der Waals surface area contributed by atoms with Gasteiger partial charge in [-0.2, -0.15) is 0 Å². The van der Waals surface area contributed by atoms with Crippen molar-refractivity contribution >= 4 is 5.97 Å². The number of carbonyl (C=O) groups excluding carboxylic acids is 1. The molecule has 1 heterocycles. The Labute approximate surface area is 127 Å². The van der Waals surface area contributed by atoms with E-state index in [4.69, 9.17) is 9.72 Å².